The van der Waals surface area contributed by atoms with Crippen molar-refractivity contribution in [2.24, 2.45) is 0 Å². The molecule has 1 heterocycles. The van der Waals surface area contributed by atoms with Crippen LogP contribution in [0.15, 0.2) is 87.5 Å². The Labute approximate surface area is 191 Å². The zero-order valence-electron chi connectivity index (χ0n) is 17.1. The van der Waals surface area contributed by atoms with Gasteiger partial charge in [0.2, 0.25) is 19.9 Å². The normalized spacial score (nSPS) is 14.9. The van der Waals surface area contributed by atoms with E-state index in [0.29, 0.717) is 6.42 Å². The van der Waals surface area contributed by atoms with Crippen molar-refractivity contribution in [2.45, 2.75) is 33.6 Å². The third-order valence-corrected chi connectivity index (χ3v) is 8.45. The first kappa shape index (κ1) is 22.9. The summed E-state index contributed by atoms with van der Waals surface area (Å²) in [6.07, 6.45) is 0.431. The number of amides is 1. The number of hydrogen-bond acceptors (Lipinski definition) is 7. The summed E-state index contributed by atoms with van der Waals surface area (Å²) in [5.74, 6) is -0.780. The molecule has 0 unspecified atom stereocenters. The first-order valence-corrected chi connectivity index (χ1v) is 12.9. The van der Waals surface area contributed by atoms with Gasteiger partial charge in [-0.1, -0.05) is 42.5 Å². The zero-order chi connectivity index (χ0) is 23.6. The molecule has 0 bridgehead atoms. The number of para-hydroxylation sites is 1. The molecule has 0 saturated carbocycles. The summed E-state index contributed by atoms with van der Waals surface area (Å²) in [5, 5.41) is 9.06. The molecule has 0 aromatic heterocycles. The molecule has 9 nitrogen and oxygen atoms in total. The molecule has 0 aliphatic carbocycles. The van der Waals surface area contributed by atoms with E-state index in [1.807, 2.05) is 30.3 Å². The molecule has 0 radical (unpaired) electrons. The number of nitrogens with one attached hydrogen (secondary N) is 2. The van der Waals surface area contributed by atoms with Crippen LogP contribution in [0.5, 0.6) is 11.5 Å². The van der Waals surface area contributed by atoms with E-state index < -0.39 is 31.8 Å². The van der Waals surface area contributed by atoms with E-state index in [-0.39, 0.29) is 32.6 Å². The molecule has 172 valence electrons. The second-order valence-electron chi connectivity index (χ2n) is 7.33. The van der Waals surface area contributed by atoms with Crippen molar-refractivity contribution in [2.75, 3.05) is 0 Å². The SMILES string of the molecule is O=C(NO)[C@H](CCc1ccccc1)NS(=O)(=O)c1ccc2c(c1)S(=O)(=O)c1ccccc1O2. The van der Waals surface area contributed by atoms with E-state index in [2.05, 4.69) is 4.72 Å². The highest BCUT2D eigenvalue weighted by atomic mass is 32.2. The molecule has 1 atom stereocenters. The molecular formula is C22H20N2O7S2. The minimum absolute atomic E-state index is 0.00128. The average molecular weight is 489 g/mol. The van der Waals surface area contributed by atoms with Crippen LogP contribution in [0.4, 0.5) is 0 Å². The van der Waals surface area contributed by atoms with Gasteiger partial charge >= 0.3 is 0 Å². The van der Waals surface area contributed by atoms with Crippen LogP contribution < -0.4 is 14.9 Å². The van der Waals surface area contributed by atoms with Gasteiger partial charge in [-0.05, 0) is 48.7 Å². The number of hydrogen-bond donors (Lipinski definition) is 3. The monoisotopic (exact) mass is 488 g/mol. The number of benzene rings is 3. The van der Waals surface area contributed by atoms with Crippen molar-refractivity contribution in [3.05, 3.63) is 78.4 Å². The Kier molecular flexibility index (Phi) is 6.21. The predicted octanol–water partition coefficient (Wildman–Crippen LogP) is 2.41. The van der Waals surface area contributed by atoms with Crippen molar-refractivity contribution in [3.63, 3.8) is 0 Å². The molecule has 1 amide bonds. The maximum atomic E-state index is 13.0. The van der Waals surface area contributed by atoms with Gasteiger partial charge < -0.3 is 4.74 Å². The third-order valence-electron chi connectivity index (χ3n) is 5.16. The molecule has 0 saturated heterocycles. The molecule has 3 aromatic rings. The van der Waals surface area contributed by atoms with Crippen LogP contribution in [0, 0.1) is 0 Å². The summed E-state index contributed by atoms with van der Waals surface area (Å²) in [5.41, 5.74) is 2.35. The molecular weight excluding hydrogens is 468 g/mol. The van der Waals surface area contributed by atoms with E-state index in [0.717, 1.165) is 11.6 Å². The number of aryl methyl sites for hydroxylation is 1. The fourth-order valence-corrected chi connectivity index (χ4v) is 6.33. The summed E-state index contributed by atoms with van der Waals surface area (Å²) >= 11 is 0. The Morgan fingerprint density at radius 3 is 2.33 bits per heavy atom. The smallest absolute Gasteiger partial charge is 0.261 e. The van der Waals surface area contributed by atoms with Gasteiger partial charge in [0.1, 0.15) is 27.3 Å². The summed E-state index contributed by atoms with van der Waals surface area (Å²) in [6, 6.07) is 17.3. The first-order chi connectivity index (χ1) is 15.7. The molecule has 11 heteroatoms. The number of ether oxygens (including phenoxy) is 1. The Bertz CT molecular complexity index is 1410. The summed E-state index contributed by atoms with van der Waals surface area (Å²) in [6.45, 7) is 0. The van der Waals surface area contributed by atoms with Gasteiger partial charge in [-0.3, -0.25) is 10.0 Å². The van der Waals surface area contributed by atoms with Crippen LogP contribution in [-0.2, 0) is 31.1 Å². The van der Waals surface area contributed by atoms with Crippen molar-refractivity contribution in [3.8, 4) is 11.5 Å². The molecule has 3 aromatic carbocycles. The van der Waals surface area contributed by atoms with Crippen LogP contribution >= 0.6 is 0 Å². The molecule has 1 aliphatic heterocycles. The van der Waals surface area contributed by atoms with Gasteiger partial charge in [0, 0.05) is 0 Å². The van der Waals surface area contributed by atoms with Gasteiger partial charge in [0.15, 0.2) is 0 Å². The van der Waals surface area contributed by atoms with Crippen LogP contribution in [0.25, 0.3) is 0 Å². The topological polar surface area (TPSA) is 139 Å². The standard InChI is InChI=1S/C22H20N2O7S2/c25-22(23-26)17(12-10-15-6-2-1-3-7-15)24-33(29,30)16-11-13-19-21(14-16)32(27,28)20-9-5-4-8-18(20)31-19/h1-9,11,13-14,17,24,26H,10,12H2,(H,23,25)/t17-/m0/s1. The summed E-state index contributed by atoms with van der Waals surface area (Å²) < 4.78 is 59.9. The van der Waals surface area contributed by atoms with Gasteiger partial charge in [0.25, 0.3) is 5.91 Å². The fourth-order valence-electron chi connectivity index (χ4n) is 3.48. The molecule has 4 rings (SSSR count). The number of fused-ring (bicyclic) bond motifs is 2. The lowest BCUT2D eigenvalue weighted by Gasteiger charge is -2.21. The Morgan fingerprint density at radius 1 is 0.939 bits per heavy atom. The van der Waals surface area contributed by atoms with E-state index in [1.165, 1.54) is 35.8 Å². The van der Waals surface area contributed by atoms with E-state index in [4.69, 9.17) is 9.94 Å². The number of rotatable bonds is 7. The minimum atomic E-state index is -4.32. The van der Waals surface area contributed by atoms with Crippen LogP contribution in [0.1, 0.15) is 12.0 Å². The van der Waals surface area contributed by atoms with Gasteiger partial charge in [-0.2, -0.15) is 4.72 Å². The summed E-state index contributed by atoms with van der Waals surface area (Å²) in [4.78, 5) is 11.4. The Balaban J connectivity index is 1.62. The molecule has 1 aliphatic rings. The van der Waals surface area contributed by atoms with Crippen LogP contribution in [0.2, 0.25) is 0 Å². The molecule has 0 fully saturated rings. The van der Waals surface area contributed by atoms with Gasteiger partial charge in [-0.25, -0.2) is 22.3 Å². The Hall–Kier alpha value is -3.25. The number of sulfonamides is 1. The maximum Gasteiger partial charge on any atom is 0.261 e. The third kappa shape index (κ3) is 4.62. The second-order valence-corrected chi connectivity index (χ2v) is 10.9. The number of carbonyl (C=O) groups is 1. The van der Waals surface area contributed by atoms with Crippen LogP contribution in [-0.4, -0.2) is 34.0 Å². The lowest BCUT2D eigenvalue weighted by molar-refractivity contribution is -0.131. The second kappa shape index (κ2) is 8.94. The predicted molar refractivity (Wildman–Crippen MR) is 117 cm³/mol. The molecule has 33 heavy (non-hydrogen) atoms. The zero-order valence-corrected chi connectivity index (χ0v) is 18.8. The summed E-state index contributed by atoms with van der Waals surface area (Å²) in [7, 11) is -8.34. The van der Waals surface area contributed by atoms with Crippen LogP contribution in [0.3, 0.4) is 0 Å². The van der Waals surface area contributed by atoms with Crippen molar-refractivity contribution >= 4 is 25.8 Å². The minimum Gasteiger partial charge on any atom is -0.455 e. The maximum absolute atomic E-state index is 13.0. The molecule has 0 spiro atoms. The average Bonchev–Trinajstić information content (AvgIpc) is 2.81. The van der Waals surface area contributed by atoms with E-state index in [9.17, 15) is 21.6 Å². The lowest BCUT2D eigenvalue weighted by Crippen LogP contribution is -2.46. The quantitative estimate of drug-likeness (QED) is 0.268. The van der Waals surface area contributed by atoms with Crippen molar-refractivity contribution in [1.29, 1.82) is 0 Å². The first-order valence-electron chi connectivity index (χ1n) is 9.88. The Morgan fingerprint density at radius 2 is 1.61 bits per heavy atom. The number of hydroxylamine groups is 1. The van der Waals surface area contributed by atoms with Gasteiger partial charge in [-0.15, -0.1) is 0 Å². The molecule has 3 N–H and O–H groups in total. The number of carbonyl (C=O) groups excluding carboxylic acids is 1. The van der Waals surface area contributed by atoms with Gasteiger partial charge in [0.05, 0.1) is 4.90 Å². The van der Waals surface area contributed by atoms with Crippen molar-refractivity contribution in [1.82, 2.24) is 10.2 Å². The lowest BCUT2D eigenvalue weighted by atomic mass is 10.1. The highest BCUT2D eigenvalue weighted by Crippen LogP contribution is 2.43. The van der Waals surface area contributed by atoms with E-state index in [1.54, 1.807) is 6.07 Å². The van der Waals surface area contributed by atoms with E-state index >= 15 is 0 Å². The fraction of sp³-hybridized carbons (Fsp3) is 0.136. The highest BCUT2D eigenvalue weighted by Gasteiger charge is 2.33. The largest absolute Gasteiger partial charge is 0.455 e. The van der Waals surface area contributed by atoms with Crippen molar-refractivity contribution < 1.29 is 31.6 Å². The number of sulfone groups is 1. The highest BCUT2D eigenvalue weighted by molar-refractivity contribution is 7.92.